The molecule has 4 atom stereocenters. The van der Waals surface area contributed by atoms with Crippen molar-refractivity contribution in [2.75, 3.05) is 6.54 Å². The van der Waals surface area contributed by atoms with E-state index in [0.717, 1.165) is 31.5 Å². The largest absolute Gasteiger partial charge is 0.372 e. The molecule has 0 N–H and O–H groups in total. The van der Waals surface area contributed by atoms with E-state index in [1.165, 1.54) is 0 Å². The van der Waals surface area contributed by atoms with Gasteiger partial charge in [-0.05, 0) is 43.5 Å². The van der Waals surface area contributed by atoms with Gasteiger partial charge in [0.25, 0.3) is 0 Å². The number of carbonyl (C=O) groups excluding carboxylic acids is 2. The van der Waals surface area contributed by atoms with Crippen LogP contribution in [0.1, 0.15) is 39.0 Å². The lowest BCUT2D eigenvalue weighted by atomic mass is 9.75. The average Bonchev–Trinajstić information content (AvgIpc) is 2.89. The zero-order valence-corrected chi connectivity index (χ0v) is 13.0. The highest BCUT2D eigenvalue weighted by atomic mass is 16.1. The van der Waals surface area contributed by atoms with Gasteiger partial charge in [-0.2, -0.15) is 0 Å². The van der Waals surface area contributed by atoms with Crippen molar-refractivity contribution in [3.8, 4) is 0 Å². The summed E-state index contributed by atoms with van der Waals surface area (Å²) < 4.78 is 0. The summed E-state index contributed by atoms with van der Waals surface area (Å²) in [7, 11) is 0. The van der Waals surface area contributed by atoms with Crippen molar-refractivity contribution in [3.63, 3.8) is 0 Å². The van der Waals surface area contributed by atoms with Crippen LogP contribution in [0.4, 0.5) is 0 Å². The van der Waals surface area contributed by atoms with Gasteiger partial charge in [-0.3, -0.25) is 14.6 Å². The molecule has 0 radical (unpaired) electrons. The fourth-order valence-corrected chi connectivity index (χ4v) is 4.58. The Morgan fingerprint density at radius 1 is 1.45 bits per heavy atom. The minimum atomic E-state index is -0.0173. The molecule has 4 nitrogen and oxygen atoms in total. The molecule has 4 aliphatic rings. The quantitative estimate of drug-likeness (QED) is 0.786. The van der Waals surface area contributed by atoms with Crippen LogP contribution in [-0.4, -0.2) is 40.8 Å². The summed E-state index contributed by atoms with van der Waals surface area (Å²) in [5.41, 5.74) is 1.45. The molecule has 1 aliphatic carbocycles. The molecule has 0 spiro atoms. The lowest BCUT2D eigenvalue weighted by molar-refractivity contribution is -0.116. The number of hydrogen-bond donors (Lipinski definition) is 0. The molecule has 22 heavy (non-hydrogen) atoms. The molecule has 4 heteroatoms. The molecule has 4 rings (SSSR count). The van der Waals surface area contributed by atoms with Gasteiger partial charge in [0, 0.05) is 24.8 Å². The summed E-state index contributed by atoms with van der Waals surface area (Å²) in [6.45, 7) is 2.91. The maximum atomic E-state index is 12.4. The first-order valence-electron chi connectivity index (χ1n) is 8.45. The fraction of sp³-hybridized carbons (Fsp3) is 0.611. The summed E-state index contributed by atoms with van der Waals surface area (Å²) >= 11 is 0. The second-order valence-corrected chi connectivity index (χ2v) is 6.94. The lowest BCUT2D eigenvalue weighted by Gasteiger charge is -2.34. The van der Waals surface area contributed by atoms with E-state index in [2.05, 4.69) is 17.2 Å². The zero-order valence-electron chi connectivity index (χ0n) is 13.0. The Morgan fingerprint density at radius 3 is 3.14 bits per heavy atom. The molecule has 3 aliphatic heterocycles. The van der Waals surface area contributed by atoms with Crippen LogP contribution >= 0.6 is 0 Å². The van der Waals surface area contributed by atoms with Crippen molar-refractivity contribution < 1.29 is 9.59 Å². The standard InChI is InChI=1S/C18H22N2O2/c1-2-15(21)11-7-12-8-13-10-20-6-4-3-5-14(20)17(13)19-18(12)16(22)9-11/h4,6,9,12-14,17H,2-3,5,7-8,10H2,1H3. The highest BCUT2D eigenvalue weighted by molar-refractivity contribution is 6.46. The van der Waals surface area contributed by atoms with Crippen molar-refractivity contribution in [1.82, 2.24) is 4.90 Å². The van der Waals surface area contributed by atoms with E-state index in [-0.39, 0.29) is 23.5 Å². The Morgan fingerprint density at radius 2 is 2.32 bits per heavy atom. The minimum Gasteiger partial charge on any atom is -0.372 e. The molecule has 0 saturated carbocycles. The van der Waals surface area contributed by atoms with Crippen LogP contribution in [0.5, 0.6) is 0 Å². The maximum absolute atomic E-state index is 12.4. The van der Waals surface area contributed by atoms with Gasteiger partial charge in [-0.1, -0.05) is 13.0 Å². The van der Waals surface area contributed by atoms with Gasteiger partial charge in [-0.15, -0.1) is 0 Å². The molecule has 0 bridgehead atoms. The van der Waals surface area contributed by atoms with Crippen LogP contribution in [0.15, 0.2) is 28.9 Å². The van der Waals surface area contributed by atoms with Crippen LogP contribution in [0.3, 0.4) is 0 Å². The van der Waals surface area contributed by atoms with Crippen molar-refractivity contribution in [3.05, 3.63) is 23.9 Å². The fourth-order valence-electron chi connectivity index (χ4n) is 4.58. The number of carbonyl (C=O) groups is 2. The smallest absolute Gasteiger partial charge is 0.200 e. The minimum absolute atomic E-state index is 0.0173. The lowest BCUT2D eigenvalue weighted by Crippen LogP contribution is -2.41. The van der Waals surface area contributed by atoms with Crippen molar-refractivity contribution in [2.24, 2.45) is 16.8 Å². The summed E-state index contributed by atoms with van der Waals surface area (Å²) in [6.07, 6.45) is 10.4. The van der Waals surface area contributed by atoms with E-state index in [9.17, 15) is 9.59 Å². The van der Waals surface area contributed by atoms with E-state index in [0.29, 0.717) is 30.4 Å². The molecule has 1 saturated heterocycles. The zero-order chi connectivity index (χ0) is 15.3. The Labute approximate surface area is 131 Å². The van der Waals surface area contributed by atoms with Gasteiger partial charge in [0.05, 0.1) is 17.8 Å². The van der Waals surface area contributed by atoms with Crippen LogP contribution in [0.2, 0.25) is 0 Å². The number of fused-ring (bicyclic) bond motifs is 4. The van der Waals surface area contributed by atoms with Gasteiger partial charge < -0.3 is 4.90 Å². The number of ketones is 2. The predicted octanol–water partition coefficient (Wildman–Crippen LogP) is 2.30. The molecule has 0 aromatic heterocycles. The molecular formula is C18H22N2O2. The number of hydrogen-bond acceptors (Lipinski definition) is 4. The van der Waals surface area contributed by atoms with Crippen LogP contribution < -0.4 is 0 Å². The molecule has 1 fully saturated rings. The topological polar surface area (TPSA) is 49.7 Å². The summed E-state index contributed by atoms with van der Waals surface area (Å²) in [4.78, 5) is 31.7. The van der Waals surface area contributed by atoms with Gasteiger partial charge in [-0.25, -0.2) is 0 Å². The third-order valence-corrected chi connectivity index (χ3v) is 5.64. The first kappa shape index (κ1) is 13.9. The highest BCUT2D eigenvalue weighted by Gasteiger charge is 2.47. The van der Waals surface area contributed by atoms with Gasteiger partial charge in [0.1, 0.15) is 0 Å². The molecule has 116 valence electrons. The normalized spacial score (nSPS) is 36.2. The molecule has 0 aromatic carbocycles. The third kappa shape index (κ3) is 2.08. The van der Waals surface area contributed by atoms with Gasteiger partial charge in [0.15, 0.2) is 11.6 Å². The number of allylic oxidation sites excluding steroid dienone is 3. The number of Topliss-reactive ketones (excluding diaryl/α,β-unsaturated/α-hetero) is 1. The Kier molecular flexibility index (Phi) is 3.28. The van der Waals surface area contributed by atoms with Gasteiger partial charge >= 0.3 is 0 Å². The summed E-state index contributed by atoms with van der Waals surface area (Å²) in [5.74, 6) is 0.789. The maximum Gasteiger partial charge on any atom is 0.200 e. The Bertz CT molecular complexity index is 617. The van der Waals surface area contributed by atoms with Crippen molar-refractivity contribution in [2.45, 2.75) is 51.1 Å². The van der Waals surface area contributed by atoms with E-state index >= 15 is 0 Å². The Balaban J connectivity index is 1.63. The number of nitrogens with zero attached hydrogens (tertiary/aromatic N) is 2. The number of rotatable bonds is 2. The third-order valence-electron chi connectivity index (χ3n) is 5.64. The van der Waals surface area contributed by atoms with Crippen molar-refractivity contribution >= 4 is 17.3 Å². The molecule has 0 amide bonds. The van der Waals surface area contributed by atoms with Crippen LogP contribution in [0.25, 0.3) is 0 Å². The van der Waals surface area contributed by atoms with E-state index in [1.54, 1.807) is 6.08 Å². The molecule has 4 unspecified atom stereocenters. The number of aliphatic imine (C=N–C) groups is 1. The predicted molar refractivity (Wildman–Crippen MR) is 84.7 cm³/mol. The SMILES string of the molecule is CCC(=O)C1=CC(=O)C2=NC3C(CC2C1)CN1C=CCCC31. The first-order chi connectivity index (χ1) is 10.7. The van der Waals surface area contributed by atoms with E-state index < -0.39 is 0 Å². The van der Waals surface area contributed by atoms with Crippen LogP contribution in [-0.2, 0) is 9.59 Å². The average molecular weight is 298 g/mol. The van der Waals surface area contributed by atoms with Crippen LogP contribution in [0, 0.1) is 11.8 Å². The summed E-state index contributed by atoms with van der Waals surface area (Å²) in [5, 5.41) is 0. The molecule has 0 aromatic rings. The molecule has 3 heterocycles. The van der Waals surface area contributed by atoms with Gasteiger partial charge in [0.2, 0.25) is 0 Å². The van der Waals surface area contributed by atoms with E-state index in [4.69, 9.17) is 4.99 Å². The first-order valence-corrected chi connectivity index (χ1v) is 8.45. The molecular weight excluding hydrogens is 276 g/mol. The van der Waals surface area contributed by atoms with Crippen molar-refractivity contribution in [1.29, 1.82) is 0 Å². The highest BCUT2D eigenvalue weighted by Crippen LogP contribution is 2.41. The van der Waals surface area contributed by atoms with E-state index in [1.807, 2.05) is 6.92 Å². The monoisotopic (exact) mass is 298 g/mol. The second-order valence-electron chi connectivity index (χ2n) is 6.94. The summed E-state index contributed by atoms with van der Waals surface area (Å²) in [6, 6.07) is 0.746. The second kappa shape index (κ2) is 5.18. The Hall–Kier alpha value is -1.71.